The highest BCUT2D eigenvalue weighted by molar-refractivity contribution is 5.86. The Morgan fingerprint density at radius 3 is 2.40 bits per heavy atom. The number of rotatable bonds is 4. The summed E-state index contributed by atoms with van der Waals surface area (Å²) in [5.74, 6) is 1.35. The molecule has 6 aliphatic carbocycles. The van der Waals surface area contributed by atoms with Gasteiger partial charge in [0.2, 0.25) is 0 Å². The zero-order valence-electron chi connectivity index (χ0n) is 28.5. The number of hydrogen-bond acceptors (Lipinski definition) is 0. The molecule has 2 aromatic carbocycles. The number of allylic oxidation sites excluding steroid dienone is 22. The van der Waals surface area contributed by atoms with Crippen molar-refractivity contribution in [2.75, 3.05) is 0 Å². The summed E-state index contributed by atoms with van der Waals surface area (Å²) in [5.41, 5.74) is 18.7. The third-order valence-electron chi connectivity index (χ3n) is 11.1. The van der Waals surface area contributed by atoms with Crippen LogP contribution < -0.4 is 0 Å². The maximum atomic E-state index is 2.55. The van der Waals surface area contributed by atoms with Gasteiger partial charge >= 0.3 is 0 Å². The molecule has 238 valence electrons. The Morgan fingerprint density at radius 1 is 0.688 bits per heavy atom. The van der Waals surface area contributed by atoms with Crippen molar-refractivity contribution >= 4 is 23.3 Å². The molecule has 2 aromatic rings. The van der Waals surface area contributed by atoms with E-state index in [4.69, 9.17) is 0 Å². The molecule has 0 nitrogen and oxygen atoms in total. The monoisotopic (exact) mass is 622 g/mol. The molecule has 6 aliphatic rings. The van der Waals surface area contributed by atoms with E-state index in [1.54, 1.807) is 27.9 Å². The van der Waals surface area contributed by atoms with Crippen molar-refractivity contribution in [1.29, 1.82) is 0 Å². The Labute approximate surface area is 287 Å². The summed E-state index contributed by atoms with van der Waals surface area (Å²) >= 11 is 0. The summed E-state index contributed by atoms with van der Waals surface area (Å²) in [7, 11) is 0. The van der Waals surface area contributed by atoms with Crippen LogP contribution in [0.3, 0.4) is 0 Å². The molecule has 0 aromatic heterocycles. The molecular formula is C48H46. The van der Waals surface area contributed by atoms with Crippen LogP contribution in [0, 0.1) is 17.8 Å². The van der Waals surface area contributed by atoms with Gasteiger partial charge in [-0.3, -0.25) is 0 Å². The van der Waals surface area contributed by atoms with Crippen LogP contribution in [-0.2, 0) is 6.42 Å². The normalized spacial score (nSPS) is 24.8. The van der Waals surface area contributed by atoms with Crippen LogP contribution in [-0.4, -0.2) is 0 Å². The van der Waals surface area contributed by atoms with E-state index < -0.39 is 0 Å². The fourth-order valence-electron chi connectivity index (χ4n) is 8.36. The predicted octanol–water partition coefficient (Wildman–Crippen LogP) is 12.7. The van der Waals surface area contributed by atoms with Crippen LogP contribution in [0.1, 0.15) is 80.2 Å². The second-order valence-electron chi connectivity index (χ2n) is 14.3. The summed E-state index contributed by atoms with van der Waals surface area (Å²) in [6.07, 6.45) is 45.6. The average Bonchev–Trinajstić information content (AvgIpc) is 3.13. The molecule has 0 spiro atoms. The van der Waals surface area contributed by atoms with E-state index in [1.807, 2.05) is 0 Å². The summed E-state index contributed by atoms with van der Waals surface area (Å²) in [6, 6.07) is 16.2. The molecule has 0 fully saturated rings. The SMILES string of the molecule is CC=Cc1ccc2c(c1)C=C(c1ccc(C3=CC(C)C=CC4=C(CC=C3)CCC(C3=CC5=C(C=CC6C=CC=CC56)CC3)=C4)cc1)CC2. The van der Waals surface area contributed by atoms with Gasteiger partial charge in [0.05, 0.1) is 0 Å². The Bertz CT molecular complexity index is 1990. The first kappa shape index (κ1) is 30.6. The fourth-order valence-corrected chi connectivity index (χ4v) is 8.36. The Morgan fingerprint density at radius 2 is 1.50 bits per heavy atom. The Hall–Kier alpha value is -4.68. The molecule has 3 unspecified atom stereocenters. The summed E-state index contributed by atoms with van der Waals surface area (Å²) in [5, 5.41) is 0. The molecule has 0 saturated carbocycles. The van der Waals surface area contributed by atoms with Gasteiger partial charge < -0.3 is 0 Å². The van der Waals surface area contributed by atoms with Crippen molar-refractivity contribution in [2.45, 2.75) is 58.8 Å². The van der Waals surface area contributed by atoms with Crippen molar-refractivity contribution < 1.29 is 0 Å². The van der Waals surface area contributed by atoms with Crippen molar-refractivity contribution in [1.82, 2.24) is 0 Å². The van der Waals surface area contributed by atoms with Gasteiger partial charge in [0.1, 0.15) is 0 Å². The second-order valence-corrected chi connectivity index (χ2v) is 14.3. The number of fused-ring (bicyclic) bond motifs is 3. The van der Waals surface area contributed by atoms with Crippen LogP contribution in [0.4, 0.5) is 0 Å². The molecule has 48 heavy (non-hydrogen) atoms. The van der Waals surface area contributed by atoms with Crippen molar-refractivity contribution in [2.24, 2.45) is 17.8 Å². The quantitative estimate of drug-likeness (QED) is 0.318. The van der Waals surface area contributed by atoms with Crippen LogP contribution in [0.5, 0.6) is 0 Å². The maximum Gasteiger partial charge on any atom is 0.0122 e. The van der Waals surface area contributed by atoms with Gasteiger partial charge in [0.25, 0.3) is 0 Å². The van der Waals surface area contributed by atoms with E-state index in [0.717, 1.165) is 44.9 Å². The lowest BCUT2D eigenvalue weighted by atomic mass is 9.72. The van der Waals surface area contributed by atoms with Crippen molar-refractivity contribution in [3.63, 3.8) is 0 Å². The lowest BCUT2D eigenvalue weighted by Crippen LogP contribution is -2.19. The third-order valence-corrected chi connectivity index (χ3v) is 11.1. The first-order valence-electron chi connectivity index (χ1n) is 18.1. The maximum absolute atomic E-state index is 2.55. The molecule has 0 aliphatic heterocycles. The van der Waals surface area contributed by atoms with Crippen molar-refractivity contribution in [3.05, 3.63) is 189 Å². The zero-order chi connectivity index (χ0) is 32.5. The summed E-state index contributed by atoms with van der Waals surface area (Å²) in [4.78, 5) is 0. The summed E-state index contributed by atoms with van der Waals surface area (Å²) in [6.45, 7) is 4.40. The topological polar surface area (TPSA) is 0 Å². The standard InChI is InChI=1S/C48H46/c1-3-7-34-13-15-38-21-25-43(31-46(38)29-34)37-18-16-36(17-19-37)41-10-6-9-35-20-26-44(30-42(35)14-12-33(2)28-41)45-27-24-40-23-22-39-8-4-5-11-47(39)48(40)32-45/h3-8,10-19,22-23,28-33,39,47H,9,20-21,24-27H2,1-2H3. The van der Waals surface area contributed by atoms with Gasteiger partial charge in [-0.2, -0.15) is 0 Å². The third kappa shape index (κ3) is 6.29. The van der Waals surface area contributed by atoms with E-state index in [2.05, 4.69) is 154 Å². The lowest BCUT2D eigenvalue weighted by molar-refractivity contribution is 0.616. The van der Waals surface area contributed by atoms with Crippen LogP contribution in [0.2, 0.25) is 0 Å². The highest BCUT2D eigenvalue weighted by Crippen LogP contribution is 2.43. The fraction of sp³-hybridized carbons (Fsp3) is 0.250. The molecule has 0 bridgehead atoms. The van der Waals surface area contributed by atoms with Crippen LogP contribution in [0.15, 0.2) is 161 Å². The van der Waals surface area contributed by atoms with E-state index in [9.17, 15) is 0 Å². The van der Waals surface area contributed by atoms with E-state index in [-0.39, 0.29) is 0 Å². The van der Waals surface area contributed by atoms with E-state index in [0.29, 0.717) is 17.8 Å². The number of benzene rings is 2. The largest absolute Gasteiger partial charge is 0.0871 e. The molecule has 0 amide bonds. The van der Waals surface area contributed by atoms with E-state index >= 15 is 0 Å². The van der Waals surface area contributed by atoms with Crippen LogP contribution in [0.25, 0.3) is 23.3 Å². The molecule has 0 radical (unpaired) electrons. The number of hydrogen-bond donors (Lipinski definition) is 0. The van der Waals surface area contributed by atoms with Gasteiger partial charge in [-0.05, 0) is 131 Å². The van der Waals surface area contributed by atoms with Gasteiger partial charge in [-0.1, -0.05) is 146 Å². The minimum Gasteiger partial charge on any atom is -0.0871 e. The molecule has 0 saturated heterocycles. The van der Waals surface area contributed by atoms with Gasteiger partial charge in [0.15, 0.2) is 0 Å². The number of aryl methyl sites for hydroxylation is 1. The predicted molar refractivity (Wildman–Crippen MR) is 207 cm³/mol. The highest BCUT2D eigenvalue weighted by atomic mass is 14.3. The average molecular weight is 623 g/mol. The lowest BCUT2D eigenvalue weighted by Gasteiger charge is -2.32. The Balaban J connectivity index is 1.00. The minimum atomic E-state index is 0.345. The van der Waals surface area contributed by atoms with E-state index in [1.165, 1.54) is 44.5 Å². The van der Waals surface area contributed by atoms with Crippen molar-refractivity contribution in [3.8, 4) is 0 Å². The second kappa shape index (κ2) is 13.4. The Kier molecular flexibility index (Phi) is 8.58. The zero-order valence-corrected chi connectivity index (χ0v) is 28.5. The van der Waals surface area contributed by atoms with Gasteiger partial charge in [-0.25, -0.2) is 0 Å². The smallest absolute Gasteiger partial charge is 0.0122 e. The molecular weight excluding hydrogens is 577 g/mol. The first-order valence-corrected chi connectivity index (χ1v) is 18.1. The minimum absolute atomic E-state index is 0.345. The van der Waals surface area contributed by atoms with Crippen LogP contribution >= 0.6 is 0 Å². The first-order chi connectivity index (χ1) is 23.6. The molecule has 8 rings (SSSR count). The molecule has 0 N–H and O–H groups in total. The van der Waals surface area contributed by atoms with Gasteiger partial charge in [0, 0.05) is 11.8 Å². The molecule has 0 heteroatoms. The highest BCUT2D eigenvalue weighted by Gasteiger charge is 2.28. The summed E-state index contributed by atoms with van der Waals surface area (Å²) < 4.78 is 0. The molecule has 3 atom stereocenters. The molecule has 0 heterocycles. The van der Waals surface area contributed by atoms with Gasteiger partial charge in [-0.15, -0.1) is 0 Å².